The van der Waals surface area contributed by atoms with Gasteiger partial charge < -0.3 is 14.8 Å². The fraction of sp³-hybridized carbons (Fsp3) is 0.179. The molecule has 0 saturated heterocycles. The van der Waals surface area contributed by atoms with Crippen LogP contribution < -0.4 is 5.32 Å². The van der Waals surface area contributed by atoms with E-state index in [9.17, 15) is 13.6 Å². The highest BCUT2D eigenvalue weighted by atomic mass is 19.1. The molecule has 0 radical (unpaired) electrons. The minimum absolute atomic E-state index is 0.0618. The molecule has 2 amide bonds. The van der Waals surface area contributed by atoms with Gasteiger partial charge in [-0.2, -0.15) is 0 Å². The van der Waals surface area contributed by atoms with E-state index in [1.54, 1.807) is 4.90 Å². The molecule has 1 atom stereocenters. The number of carbonyl (C=O) groups excluding carboxylic acids is 1. The first-order valence-electron chi connectivity index (χ1n) is 11.3. The first-order valence-corrected chi connectivity index (χ1v) is 11.3. The maximum atomic E-state index is 14.3. The van der Waals surface area contributed by atoms with Crippen LogP contribution in [0.5, 0.6) is 0 Å². The van der Waals surface area contributed by atoms with Crippen molar-refractivity contribution in [2.24, 2.45) is 0 Å². The molecule has 1 N–H and O–H groups in total. The van der Waals surface area contributed by atoms with Gasteiger partial charge in [0.25, 0.3) is 0 Å². The van der Waals surface area contributed by atoms with Gasteiger partial charge in [0.15, 0.2) is 0 Å². The van der Waals surface area contributed by atoms with Crippen molar-refractivity contribution >= 4 is 11.7 Å². The van der Waals surface area contributed by atoms with E-state index in [0.717, 1.165) is 34.6 Å². The highest BCUT2D eigenvalue weighted by Gasteiger charge is 2.33. The van der Waals surface area contributed by atoms with Crippen LogP contribution in [0.25, 0.3) is 5.69 Å². The number of nitrogens with zero attached hydrogens (tertiary/aromatic N) is 2. The third kappa shape index (κ3) is 3.96. The van der Waals surface area contributed by atoms with Crippen LogP contribution in [0.3, 0.4) is 0 Å². The Balaban J connectivity index is 1.61. The minimum Gasteiger partial charge on any atom is -0.318 e. The molecule has 3 aromatic carbocycles. The van der Waals surface area contributed by atoms with Gasteiger partial charge in [-0.15, -0.1) is 0 Å². The van der Waals surface area contributed by atoms with Crippen molar-refractivity contribution in [3.63, 3.8) is 0 Å². The van der Waals surface area contributed by atoms with E-state index in [2.05, 4.69) is 35.9 Å². The zero-order chi connectivity index (χ0) is 23.8. The van der Waals surface area contributed by atoms with E-state index in [0.29, 0.717) is 12.5 Å². The molecule has 1 aliphatic heterocycles. The second-order valence-corrected chi connectivity index (χ2v) is 8.84. The van der Waals surface area contributed by atoms with Crippen LogP contribution in [0.2, 0.25) is 0 Å². The van der Waals surface area contributed by atoms with E-state index >= 15 is 0 Å². The molecular weight excluding hydrogens is 432 g/mol. The number of hydrogen-bond acceptors (Lipinski definition) is 1. The van der Waals surface area contributed by atoms with Crippen LogP contribution >= 0.6 is 0 Å². The first kappa shape index (κ1) is 21.9. The Kier molecular flexibility index (Phi) is 5.65. The van der Waals surface area contributed by atoms with Gasteiger partial charge in [0, 0.05) is 18.0 Å². The monoisotopic (exact) mass is 457 g/mol. The van der Waals surface area contributed by atoms with Crippen molar-refractivity contribution in [3.05, 3.63) is 119 Å². The summed E-state index contributed by atoms with van der Waals surface area (Å²) >= 11 is 0. The molecule has 5 rings (SSSR count). The summed E-state index contributed by atoms with van der Waals surface area (Å²) in [4.78, 5) is 15.3. The van der Waals surface area contributed by atoms with Crippen molar-refractivity contribution in [1.82, 2.24) is 9.47 Å². The van der Waals surface area contributed by atoms with Crippen LogP contribution in [-0.4, -0.2) is 15.5 Å². The number of aromatic nitrogens is 1. The fourth-order valence-electron chi connectivity index (χ4n) is 4.53. The van der Waals surface area contributed by atoms with Crippen molar-refractivity contribution in [2.75, 3.05) is 5.32 Å². The van der Waals surface area contributed by atoms with E-state index in [1.807, 2.05) is 54.7 Å². The average Bonchev–Trinajstić information content (AvgIpc) is 3.25. The van der Waals surface area contributed by atoms with Crippen molar-refractivity contribution < 1.29 is 13.6 Å². The number of hydrogen-bond donors (Lipinski definition) is 1. The summed E-state index contributed by atoms with van der Waals surface area (Å²) in [6.45, 7) is 4.60. The van der Waals surface area contributed by atoms with Crippen LogP contribution in [0.1, 0.15) is 48.2 Å². The molecule has 1 aliphatic rings. The van der Waals surface area contributed by atoms with Gasteiger partial charge in [0.1, 0.15) is 11.6 Å². The lowest BCUT2D eigenvalue weighted by atomic mass is 9.97. The molecule has 4 aromatic rings. The summed E-state index contributed by atoms with van der Waals surface area (Å²) in [5.41, 5.74) is 4.99. The quantitative estimate of drug-likeness (QED) is 0.353. The molecular formula is C28H25F2N3O. The van der Waals surface area contributed by atoms with Crippen molar-refractivity contribution in [3.8, 4) is 5.69 Å². The molecule has 6 heteroatoms. The number of amides is 2. The molecule has 0 bridgehead atoms. The first-order chi connectivity index (χ1) is 16.4. The van der Waals surface area contributed by atoms with Gasteiger partial charge in [-0.05, 0) is 52.9 Å². The normalized spacial score (nSPS) is 15.0. The lowest BCUT2D eigenvalue weighted by Gasteiger charge is -2.31. The maximum Gasteiger partial charge on any atom is 0.323 e. The molecule has 1 aromatic heterocycles. The summed E-state index contributed by atoms with van der Waals surface area (Å²) < 4.78 is 29.8. The zero-order valence-corrected chi connectivity index (χ0v) is 19.0. The number of anilines is 1. The van der Waals surface area contributed by atoms with Gasteiger partial charge in [0.2, 0.25) is 0 Å². The predicted molar refractivity (Wildman–Crippen MR) is 129 cm³/mol. The second kappa shape index (κ2) is 8.78. The zero-order valence-electron chi connectivity index (χ0n) is 19.0. The van der Waals surface area contributed by atoms with Gasteiger partial charge in [-0.3, -0.25) is 0 Å². The summed E-state index contributed by atoms with van der Waals surface area (Å²) in [5, 5.41) is 2.65. The largest absolute Gasteiger partial charge is 0.323 e. The van der Waals surface area contributed by atoms with E-state index in [4.69, 9.17) is 0 Å². The van der Waals surface area contributed by atoms with E-state index < -0.39 is 23.7 Å². The third-order valence-electron chi connectivity index (χ3n) is 6.32. The number of fused-ring (bicyclic) bond motifs is 3. The summed E-state index contributed by atoms with van der Waals surface area (Å²) in [5.74, 6) is -1.12. The Hall–Kier alpha value is -3.93. The Labute approximate surface area is 197 Å². The molecule has 4 nitrogen and oxygen atoms in total. The topological polar surface area (TPSA) is 37.3 Å². The van der Waals surface area contributed by atoms with Gasteiger partial charge in [-0.1, -0.05) is 56.3 Å². The Morgan fingerprint density at radius 3 is 2.47 bits per heavy atom. The Morgan fingerprint density at radius 1 is 0.971 bits per heavy atom. The number of rotatable bonds is 3. The predicted octanol–water partition coefficient (Wildman–Crippen LogP) is 7.02. The molecule has 0 fully saturated rings. The number of carbonyl (C=O) groups is 1. The van der Waals surface area contributed by atoms with Crippen LogP contribution in [-0.2, 0) is 6.54 Å². The van der Waals surface area contributed by atoms with Gasteiger partial charge in [0.05, 0.1) is 24.0 Å². The minimum atomic E-state index is -0.815. The van der Waals surface area contributed by atoms with Crippen LogP contribution in [0, 0.1) is 11.6 Å². The Morgan fingerprint density at radius 2 is 1.74 bits per heavy atom. The lowest BCUT2D eigenvalue weighted by Crippen LogP contribution is -2.38. The molecule has 2 heterocycles. The van der Waals surface area contributed by atoms with E-state index in [-0.39, 0.29) is 5.69 Å². The highest BCUT2D eigenvalue weighted by molar-refractivity contribution is 5.90. The molecule has 34 heavy (non-hydrogen) atoms. The molecule has 0 spiro atoms. The highest BCUT2D eigenvalue weighted by Crippen LogP contribution is 2.37. The Bertz CT molecular complexity index is 1340. The summed E-state index contributed by atoms with van der Waals surface area (Å²) in [6.07, 6.45) is 1.99. The van der Waals surface area contributed by atoms with Crippen molar-refractivity contribution in [1.29, 1.82) is 0 Å². The lowest BCUT2D eigenvalue weighted by molar-refractivity contribution is 0.194. The second-order valence-electron chi connectivity index (χ2n) is 8.84. The van der Waals surface area contributed by atoms with Gasteiger partial charge in [-0.25, -0.2) is 13.6 Å². The smallest absolute Gasteiger partial charge is 0.318 e. The number of nitrogens with one attached hydrogen (secondary N) is 1. The molecule has 172 valence electrons. The number of para-hydroxylation sites is 1. The van der Waals surface area contributed by atoms with E-state index in [1.165, 1.54) is 11.6 Å². The average molecular weight is 458 g/mol. The summed E-state index contributed by atoms with van der Waals surface area (Å²) in [7, 11) is 0. The third-order valence-corrected chi connectivity index (χ3v) is 6.32. The number of halogens is 2. The van der Waals surface area contributed by atoms with Crippen molar-refractivity contribution in [2.45, 2.75) is 32.4 Å². The van der Waals surface area contributed by atoms with Gasteiger partial charge >= 0.3 is 6.03 Å². The maximum absolute atomic E-state index is 14.3. The van der Waals surface area contributed by atoms with Crippen LogP contribution in [0.15, 0.2) is 85.1 Å². The number of benzene rings is 3. The summed E-state index contributed by atoms with van der Waals surface area (Å²) in [6, 6.07) is 22.4. The SMILES string of the molecule is CC(C)c1ccc([C@H]2c3cccn3-c3ccccc3CN2C(=O)Nc2ccc(F)cc2F)cc1. The molecule has 0 saturated carbocycles. The molecule has 0 aliphatic carbocycles. The standard InChI is InChI=1S/C28H25F2N3O/c1-18(2)19-9-11-20(12-10-19)27-26-8-5-15-32(26)25-7-4-3-6-21(25)17-33(27)28(34)31-24-14-13-22(29)16-23(24)30/h3-16,18,27H,17H2,1-2H3,(H,31,34)/t27-/m0/s1. The molecule has 0 unspecified atom stereocenters. The fourth-order valence-corrected chi connectivity index (χ4v) is 4.53. The number of urea groups is 1. The van der Waals surface area contributed by atoms with Crippen LogP contribution in [0.4, 0.5) is 19.3 Å².